The topological polar surface area (TPSA) is 66.4 Å². The van der Waals surface area contributed by atoms with Gasteiger partial charge in [0.05, 0.1) is 11.5 Å². The average molecular weight is 361 g/mol. The van der Waals surface area contributed by atoms with Gasteiger partial charge >= 0.3 is 5.97 Å². The van der Waals surface area contributed by atoms with E-state index < -0.39 is 17.9 Å². The lowest BCUT2D eigenvalue weighted by Crippen LogP contribution is -2.40. The SMILES string of the molecule is Cc1cccc(I)c1C(=O)NC(C)C(C)C(=O)O. The van der Waals surface area contributed by atoms with E-state index in [-0.39, 0.29) is 5.91 Å². The molecule has 5 heteroatoms. The van der Waals surface area contributed by atoms with Crippen LogP contribution in [0.5, 0.6) is 0 Å². The molecule has 98 valence electrons. The van der Waals surface area contributed by atoms with Crippen LogP contribution in [0, 0.1) is 16.4 Å². The summed E-state index contributed by atoms with van der Waals surface area (Å²) in [7, 11) is 0. The predicted molar refractivity (Wildman–Crippen MR) is 77.6 cm³/mol. The summed E-state index contributed by atoms with van der Waals surface area (Å²) in [6, 6.07) is 5.19. The number of benzene rings is 1. The summed E-state index contributed by atoms with van der Waals surface area (Å²) in [6.45, 7) is 5.14. The van der Waals surface area contributed by atoms with Crippen molar-refractivity contribution in [3.8, 4) is 0 Å². The third-order valence-corrected chi connectivity index (χ3v) is 3.85. The Morgan fingerprint density at radius 2 is 1.94 bits per heavy atom. The van der Waals surface area contributed by atoms with Crippen LogP contribution in [0.15, 0.2) is 18.2 Å². The molecule has 0 aromatic heterocycles. The second kappa shape index (κ2) is 6.17. The van der Waals surface area contributed by atoms with E-state index in [9.17, 15) is 9.59 Å². The van der Waals surface area contributed by atoms with Gasteiger partial charge in [0.25, 0.3) is 5.91 Å². The van der Waals surface area contributed by atoms with Crippen molar-refractivity contribution in [2.45, 2.75) is 26.8 Å². The number of carbonyl (C=O) groups is 2. The standard InChI is InChI=1S/C13H16INO3/c1-7-5-4-6-10(14)11(7)12(16)15-9(3)8(2)13(17)18/h4-6,8-9H,1-3H3,(H,15,16)(H,17,18). The van der Waals surface area contributed by atoms with Gasteiger partial charge in [-0.2, -0.15) is 0 Å². The van der Waals surface area contributed by atoms with Gasteiger partial charge in [0.1, 0.15) is 0 Å². The molecule has 18 heavy (non-hydrogen) atoms. The molecule has 1 rings (SSSR count). The van der Waals surface area contributed by atoms with Crippen LogP contribution in [-0.4, -0.2) is 23.0 Å². The number of nitrogens with one attached hydrogen (secondary N) is 1. The lowest BCUT2D eigenvalue weighted by atomic mass is 10.0. The number of carboxylic acids is 1. The minimum absolute atomic E-state index is 0.224. The molecule has 0 bridgehead atoms. The van der Waals surface area contributed by atoms with Crippen LogP contribution >= 0.6 is 22.6 Å². The van der Waals surface area contributed by atoms with E-state index in [2.05, 4.69) is 27.9 Å². The fourth-order valence-corrected chi connectivity index (χ4v) is 2.42. The number of aryl methyl sites for hydroxylation is 1. The molecule has 0 radical (unpaired) electrons. The fourth-order valence-electron chi connectivity index (χ4n) is 1.54. The molecule has 0 aliphatic carbocycles. The highest BCUT2D eigenvalue weighted by Crippen LogP contribution is 2.17. The molecule has 0 aliphatic rings. The van der Waals surface area contributed by atoms with E-state index in [0.717, 1.165) is 9.13 Å². The molecule has 4 nitrogen and oxygen atoms in total. The van der Waals surface area contributed by atoms with Gasteiger partial charge in [-0.1, -0.05) is 12.1 Å². The van der Waals surface area contributed by atoms with Crippen molar-refractivity contribution in [2.24, 2.45) is 5.92 Å². The van der Waals surface area contributed by atoms with Crippen LogP contribution < -0.4 is 5.32 Å². The Kier molecular flexibility index (Phi) is 5.13. The molecule has 1 aromatic rings. The van der Waals surface area contributed by atoms with Crippen molar-refractivity contribution >= 4 is 34.5 Å². The van der Waals surface area contributed by atoms with Crippen LogP contribution in [0.1, 0.15) is 29.8 Å². The summed E-state index contributed by atoms with van der Waals surface area (Å²) in [5.41, 5.74) is 1.50. The molecule has 2 unspecified atom stereocenters. The monoisotopic (exact) mass is 361 g/mol. The Bertz CT molecular complexity index is 453. The summed E-state index contributed by atoms with van der Waals surface area (Å²) >= 11 is 2.10. The Hall–Kier alpha value is -1.11. The number of carboxylic acid groups (broad SMARTS) is 1. The Labute approximate surface area is 120 Å². The highest BCUT2D eigenvalue weighted by molar-refractivity contribution is 14.1. The van der Waals surface area contributed by atoms with E-state index in [0.29, 0.717) is 5.56 Å². The minimum Gasteiger partial charge on any atom is -0.481 e. The van der Waals surface area contributed by atoms with Gasteiger partial charge in [0, 0.05) is 9.61 Å². The van der Waals surface area contributed by atoms with Gasteiger partial charge in [0.2, 0.25) is 0 Å². The second-order valence-corrected chi connectivity index (χ2v) is 5.48. The number of rotatable bonds is 4. The predicted octanol–water partition coefficient (Wildman–Crippen LogP) is 2.44. The zero-order valence-corrected chi connectivity index (χ0v) is 12.7. The van der Waals surface area contributed by atoms with Crippen molar-refractivity contribution in [3.05, 3.63) is 32.9 Å². The van der Waals surface area contributed by atoms with Crippen molar-refractivity contribution < 1.29 is 14.7 Å². The minimum atomic E-state index is -0.915. The van der Waals surface area contributed by atoms with Gasteiger partial charge in [-0.15, -0.1) is 0 Å². The van der Waals surface area contributed by atoms with Crippen molar-refractivity contribution in [1.29, 1.82) is 0 Å². The van der Waals surface area contributed by atoms with Crippen LogP contribution in [0.4, 0.5) is 0 Å². The largest absolute Gasteiger partial charge is 0.481 e. The van der Waals surface area contributed by atoms with Crippen LogP contribution in [-0.2, 0) is 4.79 Å². The van der Waals surface area contributed by atoms with Crippen LogP contribution in [0.25, 0.3) is 0 Å². The van der Waals surface area contributed by atoms with E-state index in [1.807, 2.05) is 25.1 Å². The molecule has 0 saturated carbocycles. The number of hydrogen-bond donors (Lipinski definition) is 2. The van der Waals surface area contributed by atoms with Gasteiger partial charge in [-0.25, -0.2) is 0 Å². The molecule has 2 N–H and O–H groups in total. The maximum Gasteiger partial charge on any atom is 0.308 e. The zero-order valence-electron chi connectivity index (χ0n) is 10.5. The molecule has 1 aromatic carbocycles. The summed E-state index contributed by atoms with van der Waals surface area (Å²) < 4.78 is 0.861. The lowest BCUT2D eigenvalue weighted by Gasteiger charge is -2.19. The smallest absolute Gasteiger partial charge is 0.308 e. The van der Waals surface area contributed by atoms with Crippen LogP contribution in [0.2, 0.25) is 0 Å². The Balaban J connectivity index is 2.86. The first-order chi connectivity index (χ1) is 8.34. The first-order valence-electron chi connectivity index (χ1n) is 5.63. The molecule has 0 aliphatic heterocycles. The highest BCUT2D eigenvalue weighted by atomic mass is 127. The Morgan fingerprint density at radius 3 is 2.44 bits per heavy atom. The van der Waals surface area contributed by atoms with Gasteiger partial charge in [-0.3, -0.25) is 9.59 Å². The van der Waals surface area contributed by atoms with Crippen molar-refractivity contribution in [2.75, 3.05) is 0 Å². The highest BCUT2D eigenvalue weighted by Gasteiger charge is 2.22. The third-order valence-electron chi connectivity index (χ3n) is 2.95. The third kappa shape index (κ3) is 3.44. The van der Waals surface area contributed by atoms with E-state index >= 15 is 0 Å². The molecular weight excluding hydrogens is 345 g/mol. The second-order valence-electron chi connectivity index (χ2n) is 4.32. The fraction of sp³-hybridized carbons (Fsp3) is 0.385. The number of halogens is 1. The maximum absolute atomic E-state index is 12.1. The summed E-state index contributed by atoms with van der Waals surface area (Å²) in [5, 5.41) is 11.6. The molecule has 1 amide bonds. The molecule has 0 saturated heterocycles. The first-order valence-corrected chi connectivity index (χ1v) is 6.71. The van der Waals surface area contributed by atoms with Gasteiger partial charge < -0.3 is 10.4 Å². The molecular formula is C13H16INO3. The normalized spacial score (nSPS) is 13.8. The average Bonchev–Trinajstić information content (AvgIpc) is 2.27. The van der Waals surface area contributed by atoms with Crippen LogP contribution in [0.3, 0.4) is 0 Å². The van der Waals surface area contributed by atoms with Gasteiger partial charge in [0.15, 0.2) is 0 Å². The Morgan fingerprint density at radius 1 is 1.33 bits per heavy atom. The number of amides is 1. The van der Waals surface area contributed by atoms with Gasteiger partial charge in [-0.05, 0) is 55.0 Å². The number of hydrogen-bond acceptors (Lipinski definition) is 2. The molecule has 0 spiro atoms. The molecule has 2 atom stereocenters. The maximum atomic E-state index is 12.1. The van der Waals surface area contributed by atoms with E-state index in [1.165, 1.54) is 0 Å². The zero-order chi connectivity index (χ0) is 13.9. The van der Waals surface area contributed by atoms with Crippen molar-refractivity contribution in [1.82, 2.24) is 5.32 Å². The molecule has 0 fully saturated rings. The van der Waals surface area contributed by atoms with E-state index in [1.54, 1.807) is 13.8 Å². The summed E-state index contributed by atoms with van der Waals surface area (Å²) in [6.07, 6.45) is 0. The summed E-state index contributed by atoms with van der Waals surface area (Å²) in [4.78, 5) is 23.0. The van der Waals surface area contributed by atoms with E-state index in [4.69, 9.17) is 5.11 Å². The summed E-state index contributed by atoms with van der Waals surface area (Å²) in [5.74, 6) is -1.75. The first kappa shape index (κ1) is 14.9. The lowest BCUT2D eigenvalue weighted by molar-refractivity contribution is -0.141. The number of carbonyl (C=O) groups excluding carboxylic acids is 1. The quantitative estimate of drug-likeness (QED) is 0.810. The molecule has 0 heterocycles. The number of aliphatic carboxylic acids is 1. The van der Waals surface area contributed by atoms with Crippen molar-refractivity contribution in [3.63, 3.8) is 0 Å².